The lowest BCUT2D eigenvalue weighted by atomic mass is 10.00. The Morgan fingerprint density at radius 2 is 1.72 bits per heavy atom. The number of nitrogens with zero attached hydrogens (tertiary/aromatic N) is 2. The first-order valence-electron chi connectivity index (χ1n) is 10.8. The first-order valence-corrected chi connectivity index (χ1v) is 11.7. The van der Waals surface area contributed by atoms with Gasteiger partial charge in [-0.2, -0.15) is 0 Å². The van der Waals surface area contributed by atoms with Gasteiger partial charge in [-0.3, -0.25) is 9.59 Å². The first kappa shape index (κ1) is 20.5. The number of aryl methyl sites for hydroxylation is 1. The highest BCUT2D eigenvalue weighted by Gasteiger charge is 2.44. The molecule has 2 aliphatic rings. The summed E-state index contributed by atoms with van der Waals surface area (Å²) in [6.45, 7) is 4.62. The molecule has 162 valence electrons. The van der Waals surface area contributed by atoms with Crippen LogP contribution in [0.2, 0.25) is 0 Å². The number of para-hydroxylation sites is 1. The predicted molar refractivity (Wildman–Crippen MR) is 128 cm³/mol. The first-order chi connectivity index (χ1) is 15.5. The molecule has 6 heteroatoms. The van der Waals surface area contributed by atoms with Crippen molar-refractivity contribution in [1.29, 1.82) is 0 Å². The summed E-state index contributed by atoms with van der Waals surface area (Å²) in [6, 6.07) is 19.1. The normalized spacial score (nSPS) is 16.2. The number of fused-ring (bicyclic) bond motifs is 1. The lowest BCUT2D eigenvalue weighted by Gasteiger charge is -2.32. The number of thiophene rings is 1. The Bertz CT molecular complexity index is 1200. The Labute approximate surface area is 191 Å². The number of hydrogen-bond acceptors (Lipinski definition) is 5. The molecule has 0 spiro atoms. The smallest absolute Gasteiger partial charge is 0.282 e. The van der Waals surface area contributed by atoms with Gasteiger partial charge in [-0.15, -0.1) is 11.3 Å². The summed E-state index contributed by atoms with van der Waals surface area (Å²) >= 11 is 1.48. The summed E-state index contributed by atoms with van der Waals surface area (Å²) < 4.78 is 5.72. The van der Waals surface area contributed by atoms with Gasteiger partial charge in [0.15, 0.2) is 0 Å². The van der Waals surface area contributed by atoms with Crippen LogP contribution in [0.3, 0.4) is 0 Å². The van der Waals surface area contributed by atoms with Crippen molar-refractivity contribution >= 4 is 40.1 Å². The van der Waals surface area contributed by atoms with Crippen LogP contribution < -0.4 is 14.5 Å². The minimum Gasteiger partial charge on any atom is -0.491 e. The van der Waals surface area contributed by atoms with E-state index in [1.165, 1.54) is 21.8 Å². The van der Waals surface area contributed by atoms with Gasteiger partial charge in [-0.1, -0.05) is 24.3 Å². The number of hydrogen-bond donors (Lipinski definition) is 0. The third-order valence-electron chi connectivity index (χ3n) is 5.67. The fourth-order valence-corrected chi connectivity index (χ4v) is 5.12. The van der Waals surface area contributed by atoms with Gasteiger partial charge >= 0.3 is 0 Å². The second kappa shape index (κ2) is 8.28. The zero-order valence-electron chi connectivity index (χ0n) is 18.1. The van der Waals surface area contributed by atoms with Crippen LogP contribution in [0.15, 0.2) is 71.7 Å². The van der Waals surface area contributed by atoms with Crippen molar-refractivity contribution in [2.24, 2.45) is 0 Å². The third-order valence-corrected chi connectivity index (χ3v) is 6.56. The van der Waals surface area contributed by atoms with Crippen LogP contribution in [-0.2, 0) is 16.0 Å². The number of carbonyl (C=O) groups is 2. The van der Waals surface area contributed by atoms with Gasteiger partial charge in [-0.05, 0) is 74.0 Å². The molecule has 0 aliphatic carbocycles. The van der Waals surface area contributed by atoms with E-state index < -0.39 is 0 Å². The maximum absolute atomic E-state index is 13.8. The van der Waals surface area contributed by atoms with Gasteiger partial charge in [-0.25, -0.2) is 4.90 Å². The molecular formula is C26H24N2O3S. The molecule has 0 radical (unpaired) electrons. The maximum atomic E-state index is 13.8. The second-order valence-corrected chi connectivity index (χ2v) is 9.14. The van der Waals surface area contributed by atoms with E-state index >= 15 is 0 Å². The zero-order chi connectivity index (χ0) is 22.2. The number of rotatable bonds is 5. The van der Waals surface area contributed by atoms with Gasteiger partial charge in [0, 0.05) is 17.1 Å². The van der Waals surface area contributed by atoms with E-state index in [9.17, 15) is 9.59 Å². The summed E-state index contributed by atoms with van der Waals surface area (Å²) in [7, 11) is 0. The Kier molecular flexibility index (Phi) is 5.31. The molecule has 2 aromatic carbocycles. The molecule has 0 atom stereocenters. The van der Waals surface area contributed by atoms with Gasteiger partial charge in [0.25, 0.3) is 11.8 Å². The van der Waals surface area contributed by atoms with Gasteiger partial charge in [0.1, 0.15) is 11.4 Å². The fourth-order valence-electron chi connectivity index (χ4n) is 4.36. The predicted octanol–water partition coefficient (Wildman–Crippen LogP) is 5.27. The lowest BCUT2D eigenvalue weighted by Crippen LogP contribution is -2.37. The summed E-state index contributed by atoms with van der Waals surface area (Å²) in [4.78, 5) is 31.5. The van der Waals surface area contributed by atoms with E-state index in [1.54, 1.807) is 24.3 Å². The van der Waals surface area contributed by atoms with Crippen molar-refractivity contribution < 1.29 is 14.3 Å². The topological polar surface area (TPSA) is 49.9 Å². The third kappa shape index (κ3) is 3.50. The van der Waals surface area contributed by atoms with E-state index in [-0.39, 0.29) is 17.9 Å². The molecule has 1 aromatic heterocycles. The van der Waals surface area contributed by atoms with E-state index in [1.807, 2.05) is 54.5 Å². The van der Waals surface area contributed by atoms with Crippen LogP contribution >= 0.6 is 11.3 Å². The monoisotopic (exact) mass is 444 g/mol. The van der Waals surface area contributed by atoms with Crippen LogP contribution in [0.5, 0.6) is 5.75 Å². The minimum atomic E-state index is -0.285. The van der Waals surface area contributed by atoms with Crippen molar-refractivity contribution in [3.05, 3.63) is 82.2 Å². The summed E-state index contributed by atoms with van der Waals surface area (Å²) in [5.74, 6) is 0.139. The summed E-state index contributed by atoms with van der Waals surface area (Å²) in [5.41, 5.74) is 3.69. The quantitative estimate of drug-likeness (QED) is 0.503. The van der Waals surface area contributed by atoms with Crippen molar-refractivity contribution in [2.75, 3.05) is 16.3 Å². The van der Waals surface area contributed by atoms with E-state index in [2.05, 4.69) is 6.07 Å². The minimum absolute atomic E-state index is 0.0498. The van der Waals surface area contributed by atoms with Gasteiger partial charge < -0.3 is 9.64 Å². The number of benzene rings is 2. The molecule has 5 nitrogen and oxygen atoms in total. The second-order valence-electron chi connectivity index (χ2n) is 8.19. The van der Waals surface area contributed by atoms with Crippen LogP contribution in [-0.4, -0.2) is 24.5 Å². The van der Waals surface area contributed by atoms with Crippen molar-refractivity contribution in [3.63, 3.8) is 0 Å². The molecule has 32 heavy (non-hydrogen) atoms. The maximum Gasteiger partial charge on any atom is 0.282 e. The molecule has 2 aliphatic heterocycles. The molecule has 0 N–H and O–H groups in total. The molecule has 0 saturated carbocycles. The average Bonchev–Trinajstić information content (AvgIpc) is 3.40. The molecule has 0 bridgehead atoms. The Morgan fingerprint density at radius 3 is 2.44 bits per heavy atom. The number of imide groups is 1. The van der Waals surface area contributed by atoms with E-state index in [0.717, 1.165) is 23.4 Å². The van der Waals surface area contributed by atoms with Crippen LogP contribution in [0.25, 0.3) is 5.57 Å². The highest BCUT2D eigenvalue weighted by molar-refractivity contribution is 7.11. The number of amides is 2. The molecule has 2 amide bonds. The Morgan fingerprint density at radius 1 is 0.938 bits per heavy atom. The standard InChI is InChI=1S/C26H24N2O3S/c1-17(2)31-20-13-11-19(12-14-20)28-25(29)23(22-10-6-16-32-22)24(26(28)30)27-15-5-8-18-7-3-4-9-21(18)27/h3-4,6-7,9-14,16-17H,5,8,15H2,1-2H3. The van der Waals surface area contributed by atoms with Crippen molar-refractivity contribution in [3.8, 4) is 5.75 Å². The molecule has 5 rings (SSSR count). The number of ether oxygens (including phenoxy) is 1. The van der Waals surface area contributed by atoms with Gasteiger partial charge in [0.2, 0.25) is 0 Å². The molecular weight excluding hydrogens is 420 g/mol. The summed E-state index contributed by atoms with van der Waals surface area (Å²) in [5, 5.41) is 1.93. The average molecular weight is 445 g/mol. The molecule has 3 heterocycles. The van der Waals surface area contributed by atoms with Gasteiger partial charge in [0.05, 0.1) is 17.4 Å². The van der Waals surface area contributed by atoms with E-state index in [0.29, 0.717) is 29.3 Å². The summed E-state index contributed by atoms with van der Waals surface area (Å²) in [6.07, 6.45) is 1.95. The molecule has 0 saturated heterocycles. The zero-order valence-corrected chi connectivity index (χ0v) is 18.9. The van der Waals surface area contributed by atoms with Crippen LogP contribution in [0.1, 0.15) is 30.7 Å². The fraction of sp³-hybridized carbons (Fsp3) is 0.231. The molecule has 0 fully saturated rings. The largest absolute Gasteiger partial charge is 0.491 e. The molecule has 0 unspecified atom stereocenters. The lowest BCUT2D eigenvalue weighted by molar-refractivity contribution is -0.120. The van der Waals surface area contributed by atoms with Crippen LogP contribution in [0.4, 0.5) is 11.4 Å². The number of anilines is 2. The van der Waals surface area contributed by atoms with Crippen LogP contribution in [0, 0.1) is 0 Å². The molecule has 3 aromatic rings. The highest BCUT2D eigenvalue weighted by Crippen LogP contribution is 2.40. The Balaban J connectivity index is 1.59. The number of carbonyl (C=O) groups excluding carboxylic acids is 2. The van der Waals surface area contributed by atoms with E-state index in [4.69, 9.17) is 4.74 Å². The van der Waals surface area contributed by atoms with Crippen molar-refractivity contribution in [1.82, 2.24) is 0 Å². The van der Waals surface area contributed by atoms with Crippen molar-refractivity contribution in [2.45, 2.75) is 32.8 Å². The Hall–Kier alpha value is -3.38. The highest BCUT2D eigenvalue weighted by atomic mass is 32.1. The SMILES string of the molecule is CC(C)Oc1ccc(N2C(=O)C(c3cccs3)=C(N3CCCc4ccccc43)C2=O)cc1.